The van der Waals surface area contributed by atoms with Crippen LogP contribution in [0.3, 0.4) is 0 Å². The maximum atomic E-state index is 5.96. The minimum absolute atomic E-state index is 0.613. The van der Waals surface area contributed by atoms with E-state index < -0.39 is 0 Å². The lowest BCUT2D eigenvalue weighted by atomic mass is 10.1. The van der Waals surface area contributed by atoms with E-state index in [0.29, 0.717) is 5.88 Å². The number of aryl methyl sites for hydroxylation is 1. The first-order chi connectivity index (χ1) is 10.3. The summed E-state index contributed by atoms with van der Waals surface area (Å²) in [5, 5.41) is 3.34. The van der Waals surface area contributed by atoms with E-state index in [1.807, 2.05) is 19.1 Å². The van der Waals surface area contributed by atoms with Crippen LogP contribution >= 0.6 is 0 Å². The van der Waals surface area contributed by atoms with E-state index in [4.69, 9.17) is 4.74 Å². The fourth-order valence-electron chi connectivity index (χ4n) is 2.04. The lowest BCUT2D eigenvalue weighted by Gasteiger charge is -2.14. The third kappa shape index (κ3) is 3.90. The Kier molecular flexibility index (Phi) is 5.49. The molecule has 0 radical (unpaired) electrons. The summed E-state index contributed by atoms with van der Waals surface area (Å²) in [6.45, 7) is 7.07. The predicted molar refractivity (Wildman–Crippen MR) is 83.9 cm³/mol. The summed E-state index contributed by atoms with van der Waals surface area (Å²) in [5.74, 6) is 2.21. The van der Waals surface area contributed by atoms with Gasteiger partial charge in [-0.1, -0.05) is 20.3 Å². The zero-order valence-electron chi connectivity index (χ0n) is 12.9. The molecule has 0 aliphatic carbocycles. The number of rotatable bonds is 7. The molecule has 0 saturated carbocycles. The third-order valence-electron chi connectivity index (χ3n) is 3.11. The molecule has 0 spiro atoms. The average molecular weight is 286 g/mol. The summed E-state index contributed by atoms with van der Waals surface area (Å²) < 4.78 is 5.96. The molecule has 0 unspecified atom stereocenters. The molecule has 0 fully saturated rings. The predicted octanol–water partition coefficient (Wildman–Crippen LogP) is 3.75. The highest BCUT2D eigenvalue weighted by Gasteiger charge is 2.13. The highest BCUT2D eigenvalue weighted by atomic mass is 16.5. The molecule has 0 amide bonds. The number of pyridine rings is 1. The monoisotopic (exact) mass is 286 g/mol. The number of ether oxygens (including phenoxy) is 1. The second-order valence-electron chi connectivity index (χ2n) is 4.87. The second-order valence-corrected chi connectivity index (χ2v) is 4.87. The first kappa shape index (κ1) is 15.2. The standard InChI is InChI=1S/C16H22N4O/c1-4-7-13-15(18-9-5-2)19-11-20-16(13)21-14-8-6-10-17-12(14)3/h6,8,10-11H,4-5,7,9H2,1-3H3,(H,18,19,20). The van der Waals surface area contributed by atoms with Crippen molar-refractivity contribution in [3.63, 3.8) is 0 Å². The molecule has 2 rings (SSSR count). The maximum Gasteiger partial charge on any atom is 0.227 e. The normalized spacial score (nSPS) is 10.4. The Morgan fingerprint density at radius 2 is 2.00 bits per heavy atom. The molecular weight excluding hydrogens is 264 g/mol. The quantitative estimate of drug-likeness (QED) is 0.840. The minimum atomic E-state index is 0.613. The molecule has 5 nitrogen and oxygen atoms in total. The molecule has 0 aromatic carbocycles. The molecule has 5 heteroatoms. The van der Waals surface area contributed by atoms with Crippen molar-refractivity contribution in [2.45, 2.75) is 40.0 Å². The van der Waals surface area contributed by atoms with Crippen molar-refractivity contribution in [1.29, 1.82) is 0 Å². The summed E-state index contributed by atoms with van der Waals surface area (Å²) in [4.78, 5) is 12.9. The Morgan fingerprint density at radius 1 is 1.14 bits per heavy atom. The van der Waals surface area contributed by atoms with Crippen LogP contribution in [0.5, 0.6) is 11.6 Å². The number of nitrogens with zero attached hydrogens (tertiary/aromatic N) is 3. The van der Waals surface area contributed by atoms with Crippen LogP contribution in [0.2, 0.25) is 0 Å². The lowest BCUT2D eigenvalue weighted by Crippen LogP contribution is -2.08. The van der Waals surface area contributed by atoms with E-state index >= 15 is 0 Å². The van der Waals surface area contributed by atoms with Crippen LogP contribution in [0.15, 0.2) is 24.7 Å². The fourth-order valence-corrected chi connectivity index (χ4v) is 2.04. The Bertz CT molecular complexity index is 586. The first-order valence-electron chi connectivity index (χ1n) is 7.43. The molecule has 21 heavy (non-hydrogen) atoms. The summed E-state index contributed by atoms with van der Waals surface area (Å²) in [7, 11) is 0. The third-order valence-corrected chi connectivity index (χ3v) is 3.11. The molecule has 0 aliphatic heterocycles. The number of aromatic nitrogens is 3. The summed E-state index contributed by atoms with van der Waals surface area (Å²) >= 11 is 0. The van der Waals surface area contributed by atoms with Gasteiger partial charge in [0.05, 0.1) is 11.3 Å². The molecule has 2 aromatic rings. The van der Waals surface area contributed by atoms with E-state index in [0.717, 1.165) is 48.6 Å². The van der Waals surface area contributed by atoms with Crippen LogP contribution in [-0.2, 0) is 6.42 Å². The summed E-state index contributed by atoms with van der Waals surface area (Å²) in [6, 6.07) is 3.76. The Morgan fingerprint density at radius 3 is 2.71 bits per heavy atom. The summed E-state index contributed by atoms with van der Waals surface area (Å²) in [6.07, 6.45) is 6.23. The fraction of sp³-hybridized carbons (Fsp3) is 0.438. The van der Waals surface area contributed by atoms with E-state index in [1.54, 1.807) is 6.20 Å². The maximum absolute atomic E-state index is 5.96. The molecule has 0 bridgehead atoms. The zero-order chi connectivity index (χ0) is 15.1. The van der Waals surface area contributed by atoms with E-state index in [1.165, 1.54) is 6.33 Å². The molecule has 112 valence electrons. The highest BCUT2D eigenvalue weighted by Crippen LogP contribution is 2.29. The van der Waals surface area contributed by atoms with Crippen LogP contribution in [0.1, 0.15) is 37.9 Å². The van der Waals surface area contributed by atoms with Gasteiger partial charge in [-0.3, -0.25) is 4.98 Å². The zero-order valence-corrected chi connectivity index (χ0v) is 12.9. The minimum Gasteiger partial charge on any atom is -0.437 e. The van der Waals surface area contributed by atoms with Crippen molar-refractivity contribution in [2.75, 3.05) is 11.9 Å². The number of hydrogen-bond donors (Lipinski definition) is 1. The Balaban J connectivity index is 2.31. The van der Waals surface area contributed by atoms with Crippen LogP contribution < -0.4 is 10.1 Å². The average Bonchev–Trinajstić information content (AvgIpc) is 2.50. The number of nitrogens with one attached hydrogen (secondary N) is 1. The van der Waals surface area contributed by atoms with Crippen LogP contribution in [0, 0.1) is 6.92 Å². The van der Waals surface area contributed by atoms with Gasteiger partial charge >= 0.3 is 0 Å². The number of anilines is 1. The van der Waals surface area contributed by atoms with Gasteiger partial charge in [-0.05, 0) is 31.9 Å². The molecule has 0 saturated heterocycles. The largest absolute Gasteiger partial charge is 0.437 e. The summed E-state index contributed by atoms with van der Waals surface area (Å²) in [5.41, 5.74) is 1.87. The SMILES string of the molecule is CCCNc1ncnc(Oc2cccnc2C)c1CCC. The molecule has 2 aromatic heterocycles. The van der Waals surface area contributed by atoms with E-state index in [-0.39, 0.29) is 0 Å². The highest BCUT2D eigenvalue weighted by molar-refractivity contribution is 5.50. The van der Waals surface area contributed by atoms with Crippen LogP contribution in [0.25, 0.3) is 0 Å². The molecule has 0 atom stereocenters. The van der Waals surface area contributed by atoms with E-state index in [9.17, 15) is 0 Å². The Labute approximate surface area is 125 Å². The van der Waals surface area contributed by atoms with Gasteiger partial charge in [0.15, 0.2) is 5.75 Å². The van der Waals surface area contributed by atoms with Crippen molar-refractivity contribution in [2.24, 2.45) is 0 Å². The van der Waals surface area contributed by atoms with Gasteiger partial charge in [-0.15, -0.1) is 0 Å². The molecule has 2 heterocycles. The topological polar surface area (TPSA) is 59.9 Å². The first-order valence-corrected chi connectivity index (χ1v) is 7.43. The van der Waals surface area contributed by atoms with Crippen molar-refractivity contribution in [3.05, 3.63) is 35.9 Å². The van der Waals surface area contributed by atoms with Crippen molar-refractivity contribution in [3.8, 4) is 11.6 Å². The van der Waals surface area contributed by atoms with Gasteiger partial charge in [-0.2, -0.15) is 0 Å². The van der Waals surface area contributed by atoms with Crippen LogP contribution in [-0.4, -0.2) is 21.5 Å². The number of hydrogen-bond acceptors (Lipinski definition) is 5. The van der Waals surface area contributed by atoms with Crippen molar-refractivity contribution >= 4 is 5.82 Å². The molecule has 0 aliphatic rings. The van der Waals surface area contributed by atoms with Gasteiger partial charge in [0.2, 0.25) is 5.88 Å². The van der Waals surface area contributed by atoms with Crippen molar-refractivity contribution in [1.82, 2.24) is 15.0 Å². The van der Waals surface area contributed by atoms with Gasteiger partial charge < -0.3 is 10.1 Å². The van der Waals surface area contributed by atoms with Crippen molar-refractivity contribution < 1.29 is 4.74 Å². The van der Waals surface area contributed by atoms with Crippen LogP contribution in [0.4, 0.5) is 5.82 Å². The smallest absolute Gasteiger partial charge is 0.227 e. The second kappa shape index (κ2) is 7.57. The van der Waals surface area contributed by atoms with Gasteiger partial charge in [0, 0.05) is 12.7 Å². The lowest BCUT2D eigenvalue weighted by molar-refractivity contribution is 0.448. The molecule has 1 N–H and O–H groups in total. The van der Waals surface area contributed by atoms with E-state index in [2.05, 4.69) is 34.1 Å². The van der Waals surface area contributed by atoms with Gasteiger partial charge in [0.1, 0.15) is 12.1 Å². The van der Waals surface area contributed by atoms with Gasteiger partial charge in [0.25, 0.3) is 0 Å². The Hall–Kier alpha value is -2.17. The molecular formula is C16H22N4O. The van der Waals surface area contributed by atoms with Gasteiger partial charge in [-0.25, -0.2) is 9.97 Å².